The molecule has 1 saturated heterocycles. The molecule has 0 bridgehead atoms. The Balaban J connectivity index is 1.85. The number of thiocarbonyl (C=S) groups is 1. The summed E-state index contributed by atoms with van der Waals surface area (Å²) in [5.41, 5.74) is 1.95. The molecule has 7 nitrogen and oxygen atoms in total. The quantitative estimate of drug-likeness (QED) is 0.519. The number of hydrogen-bond acceptors (Lipinski definition) is 5. The zero-order chi connectivity index (χ0) is 19.4. The first-order valence-corrected chi connectivity index (χ1v) is 8.35. The van der Waals surface area contributed by atoms with E-state index >= 15 is 0 Å². The number of carboxylic acid groups (broad SMARTS) is 1. The zero-order valence-corrected chi connectivity index (χ0v) is 15.1. The van der Waals surface area contributed by atoms with Gasteiger partial charge in [0.25, 0.3) is 5.91 Å². The fourth-order valence-corrected chi connectivity index (χ4v) is 2.70. The van der Waals surface area contributed by atoms with Crippen LogP contribution in [0.3, 0.4) is 0 Å². The topological polar surface area (TPSA) is 96.9 Å². The molecule has 1 aliphatic rings. The molecular formula is C19H16N2O5S. The van der Waals surface area contributed by atoms with Crippen LogP contribution < -0.4 is 20.1 Å². The highest BCUT2D eigenvalue weighted by atomic mass is 32.1. The number of carboxylic acids is 1. The minimum atomic E-state index is -0.985. The lowest BCUT2D eigenvalue weighted by atomic mass is 10.1. The summed E-state index contributed by atoms with van der Waals surface area (Å²) in [5, 5.41) is 14.5. The maximum Gasteiger partial charge on any atom is 0.335 e. The van der Waals surface area contributed by atoms with Crippen molar-refractivity contribution in [3.8, 4) is 11.5 Å². The fraction of sp³-hybridized carbons (Fsp3) is 0.105. The van der Waals surface area contributed by atoms with E-state index in [0.29, 0.717) is 22.8 Å². The average Bonchev–Trinajstić information content (AvgIpc) is 2.97. The molecule has 138 valence electrons. The monoisotopic (exact) mass is 384 g/mol. The first-order chi connectivity index (χ1) is 13.0. The average molecular weight is 384 g/mol. The van der Waals surface area contributed by atoms with Crippen molar-refractivity contribution in [2.24, 2.45) is 0 Å². The first-order valence-electron chi connectivity index (χ1n) is 7.94. The number of nitrogens with one attached hydrogen (secondary N) is 2. The van der Waals surface area contributed by atoms with Gasteiger partial charge in [-0.1, -0.05) is 24.3 Å². The predicted molar refractivity (Wildman–Crippen MR) is 103 cm³/mol. The van der Waals surface area contributed by atoms with Gasteiger partial charge in [-0.3, -0.25) is 10.1 Å². The Morgan fingerprint density at radius 3 is 2.52 bits per heavy atom. The molecular weight excluding hydrogens is 368 g/mol. The van der Waals surface area contributed by atoms with Gasteiger partial charge in [0.15, 0.2) is 16.6 Å². The van der Waals surface area contributed by atoms with Crippen molar-refractivity contribution in [3.63, 3.8) is 0 Å². The Bertz CT molecular complexity index is 938. The van der Waals surface area contributed by atoms with Gasteiger partial charge in [-0.15, -0.1) is 0 Å². The molecule has 1 heterocycles. The molecule has 1 amide bonds. The van der Waals surface area contributed by atoms with E-state index in [9.17, 15) is 9.59 Å². The second-order valence-electron chi connectivity index (χ2n) is 5.64. The number of aromatic carboxylic acids is 1. The Morgan fingerprint density at radius 2 is 1.93 bits per heavy atom. The summed E-state index contributed by atoms with van der Waals surface area (Å²) in [7, 11) is 1.52. The van der Waals surface area contributed by atoms with Gasteiger partial charge >= 0.3 is 5.97 Å². The summed E-state index contributed by atoms with van der Waals surface area (Å²) in [6.45, 7) is 0.203. The van der Waals surface area contributed by atoms with Crippen molar-refractivity contribution in [3.05, 3.63) is 64.9 Å². The summed E-state index contributed by atoms with van der Waals surface area (Å²) in [4.78, 5) is 22.8. The van der Waals surface area contributed by atoms with E-state index in [1.165, 1.54) is 19.2 Å². The molecule has 0 atom stereocenters. The predicted octanol–water partition coefficient (Wildman–Crippen LogP) is 2.32. The number of benzene rings is 2. The van der Waals surface area contributed by atoms with Gasteiger partial charge < -0.3 is 19.9 Å². The van der Waals surface area contributed by atoms with Crippen molar-refractivity contribution >= 4 is 35.3 Å². The summed E-state index contributed by atoms with van der Waals surface area (Å²) >= 11 is 4.93. The third-order valence-electron chi connectivity index (χ3n) is 3.83. The molecule has 3 rings (SSSR count). The van der Waals surface area contributed by atoms with Crippen molar-refractivity contribution in [1.82, 2.24) is 10.6 Å². The SMILES string of the molecule is COc1cccc(/C=C2\NC(=S)NC2=O)c1OCc1ccc(C(=O)O)cc1. The molecule has 27 heavy (non-hydrogen) atoms. The lowest BCUT2D eigenvalue weighted by Gasteiger charge is -2.14. The molecule has 0 aromatic heterocycles. The number of carbonyl (C=O) groups is 2. The van der Waals surface area contributed by atoms with Crippen LogP contribution in [0.1, 0.15) is 21.5 Å². The molecule has 1 aliphatic heterocycles. The van der Waals surface area contributed by atoms with E-state index in [2.05, 4.69) is 10.6 Å². The highest BCUT2D eigenvalue weighted by Gasteiger charge is 2.21. The zero-order valence-electron chi connectivity index (χ0n) is 14.3. The fourth-order valence-electron chi connectivity index (χ4n) is 2.50. The molecule has 2 aromatic rings. The second kappa shape index (κ2) is 7.88. The van der Waals surface area contributed by atoms with E-state index in [1.807, 2.05) is 0 Å². The van der Waals surface area contributed by atoms with Crippen LogP contribution in [0.4, 0.5) is 0 Å². The summed E-state index contributed by atoms with van der Waals surface area (Å²) < 4.78 is 11.3. The van der Waals surface area contributed by atoms with Gasteiger partial charge in [0.2, 0.25) is 0 Å². The van der Waals surface area contributed by atoms with Crippen LogP contribution in [-0.4, -0.2) is 29.2 Å². The first kappa shape index (κ1) is 18.4. The van der Waals surface area contributed by atoms with Crippen molar-refractivity contribution < 1.29 is 24.2 Å². The maximum absolute atomic E-state index is 11.9. The normalized spacial score (nSPS) is 14.6. The van der Waals surface area contributed by atoms with Crippen LogP contribution >= 0.6 is 12.2 Å². The third-order valence-corrected chi connectivity index (χ3v) is 4.04. The molecule has 0 radical (unpaired) electrons. The van der Waals surface area contributed by atoms with Crippen molar-refractivity contribution in [2.75, 3.05) is 7.11 Å². The van der Waals surface area contributed by atoms with Crippen LogP contribution in [-0.2, 0) is 11.4 Å². The standard InChI is InChI=1S/C19H16N2O5S/c1-25-15-4-2-3-13(9-14-17(22)21-19(27)20-14)16(15)26-10-11-5-7-12(8-6-11)18(23)24/h2-9H,10H2,1H3,(H,23,24)(H2,20,21,22,27)/b14-9-. The van der Waals surface area contributed by atoms with E-state index in [1.54, 1.807) is 36.4 Å². The molecule has 0 aliphatic carbocycles. The van der Waals surface area contributed by atoms with Crippen LogP contribution in [0.5, 0.6) is 11.5 Å². The second-order valence-corrected chi connectivity index (χ2v) is 6.04. The van der Waals surface area contributed by atoms with Crippen LogP contribution in [0.2, 0.25) is 0 Å². The number of amides is 1. The molecule has 1 fully saturated rings. The number of para-hydroxylation sites is 1. The van der Waals surface area contributed by atoms with E-state index in [4.69, 9.17) is 26.8 Å². The van der Waals surface area contributed by atoms with Gasteiger partial charge in [0.1, 0.15) is 12.3 Å². The van der Waals surface area contributed by atoms with Gasteiger partial charge in [-0.05, 0) is 42.1 Å². The Hall–Kier alpha value is -3.39. The van der Waals surface area contributed by atoms with Gasteiger partial charge in [-0.2, -0.15) is 0 Å². The number of ether oxygens (including phenoxy) is 2. The minimum Gasteiger partial charge on any atom is -0.493 e. The van der Waals surface area contributed by atoms with Gasteiger partial charge in [0.05, 0.1) is 12.7 Å². The largest absolute Gasteiger partial charge is 0.493 e. The molecule has 0 saturated carbocycles. The van der Waals surface area contributed by atoms with E-state index in [-0.39, 0.29) is 23.2 Å². The number of hydrogen-bond donors (Lipinski definition) is 3. The summed E-state index contributed by atoms with van der Waals surface area (Å²) in [6.07, 6.45) is 1.63. The summed E-state index contributed by atoms with van der Waals surface area (Å²) in [5.74, 6) is -0.339. The van der Waals surface area contributed by atoms with Gasteiger partial charge in [-0.25, -0.2) is 4.79 Å². The highest BCUT2D eigenvalue weighted by Crippen LogP contribution is 2.33. The minimum absolute atomic E-state index is 0.203. The lowest BCUT2D eigenvalue weighted by Crippen LogP contribution is -2.21. The van der Waals surface area contributed by atoms with Crippen LogP contribution in [0, 0.1) is 0 Å². The number of methoxy groups -OCH3 is 1. The highest BCUT2D eigenvalue weighted by molar-refractivity contribution is 7.80. The smallest absolute Gasteiger partial charge is 0.335 e. The Morgan fingerprint density at radius 1 is 1.19 bits per heavy atom. The number of rotatable bonds is 6. The lowest BCUT2D eigenvalue weighted by molar-refractivity contribution is -0.115. The van der Waals surface area contributed by atoms with E-state index in [0.717, 1.165) is 5.56 Å². The third kappa shape index (κ3) is 4.24. The van der Waals surface area contributed by atoms with Crippen LogP contribution in [0.25, 0.3) is 6.08 Å². The molecule has 3 N–H and O–H groups in total. The van der Waals surface area contributed by atoms with Gasteiger partial charge in [0, 0.05) is 5.56 Å². The Kier molecular flexibility index (Phi) is 5.37. The summed E-state index contributed by atoms with van der Waals surface area (Å²) in [6, 6.07) is 11.7. The van der Waals surface area contributed by atoms with Crippen LogP contribution in [0.15, 0.2) is 48.2 Å². The molecule has 8 heteroatoms. The molecule has 0 unspecified atom stereocenters. The van der Waals surface area contributed by atoms with E-state index < -0.39 is 5.97 Å². The van der Waals surface area contributed by atoms with Crippen molar-refractivity contribution in [1.29, 1.82) is 0 Å². The molecule has 0 spiro atoms. The molecule has 2 aromatic carbocycles. The number of carbonyl (C=O) groups excluding carboxylic acids is 1. The van der Waals surface area contributed by atoms with Crippen molar-refractivity contribution in [2.45, 2.75) is 6.61 Å². The Labute approximate surface area is 160 Å². The maximum atomic E-state index is 11.9.